The summed E-state index contributed by atoms with van der Waals surface area (Å²) < 4.78 is 1.99. The molecule has 148 valence electrons. The normalized spacial score (nSPS) is 15.0. The van der Waals surface area contributed by atoms with Crippen molar-refractivity contribution in [1.82, 2.24) is 9.88 Å². The van der Waals surface area contributed by atoms with Crippen LogP contribution in [0.15, 0.2) is 66.7 Å². The molecule has 29 heavy (non-hydrogen) atoms. The number of hydrogen-bond donors (Lipinski definition) is 1. The molecular weight excluding hydrogens is 362 g/mol. The van der Waals surface area contributed by atoms with E-state index in [0.717, 1.165) is 23.4 Å². The summed E-state index contributed by atoms with van der Waals surface area (Å²) in [5.41, 5.74) is 4.44. The van der Waals surface area contributed by atoms with E-state index in [9.17, 15) is 9.59 Å². The third kappa shape index (κ3) is 3.81. The Hall–Kier alpha value is -3.34. The molecular formula is C24H25N3O2. The number of hydrogen-bond acceptors (Lipinski definition) is 3. The third-order valence-electron chi connectivity index (χ3n) is 5.52. The molecule has 1 aromatic heterocycles. The zero-order valence-corrected chi connectivity index (χ0v) is 16.8. The minimum absolute atomic E-state index is 0.00103. The molecule has 4 rings (SSSR count). The van der Waals surface area contributed by atoms with Gasteiger partial charge in [-0.2, -0.15) is 0 Å². The summed E-state index contributed by atoms with van der Waals surface area (Å²) in [7, 11) is 4.01. The number of carbonyl (C=O) groups excluding carboxylic acids is 2. The molecule has 2 heterocycles. The van der Waals surface area contributed by atoms with E-state index < -0.39 is 0 Å². The van der Waals surface area contributed by atoms with E-state index in [-0.39, 0.29) is 17.6 Å². The number of rotatable bonds is 6. The molecule has 2 aromatic carbocycles. The van der Waals surface area contributed by atoms with E-state index in [1.807, 2.05) is 90.3 Å². The number of aromatic nitrogens is 1. The van der Waals surface area contributed by atoms with Crippen LogP contribution in [0.4, 0.5) is 5.69 Å². The summed E-state index contributed by atoms with van der Waals surface area (Å²) in [6.45, 7) is 1.19. The Kier molecular flexibility index (Phi) is 5.21. The number of nitrogens with one attached hydrogen (secondary N) is 1. The first-order valence-electron chi connectivity index (χ1n) is 9.88. The Morgan fingerprint density at radius 1 is 1.00 bits per heavy atom. The Bertz CT molecular complexity index is 1020. The molecule has 0 saturated carbocycles. The number of benzene rings is 2. The quantitative estimate of drug-likeness (QED) is 0.658. The van der Waals surface area contributed by atoms with E-state index in [4.69, 9.17) is 0 Å². The summed E-state index contributed by atoms with van der Waals surface area (Å²) in [6, 6.07) is 21.2. The van der Waals surface area contributed by atoms with E-state index in [1.165, 1.54) is 0 Å². The van der Waals surface area contributed by atoms with Gasteiger partial charge in [0.15, 0.2) is 0 Å². The van der Waals surface area contributed by atoms with Crippen molar-refractivity contribution in [3.63, 3.8) is 0 Å². The van der Waals surface area contributed by atoms with Crippen molar-refractivity contribution >= 4 is 17.4 Å². The molecule has 1 N–H and O–H groups in total. The summed E-state index contributed by atoms with van der Waals surface area (Å²) in [5, 5.41) is 3.05. The van der Waals surface area contributed by atoms with Crippen molar-refractivity contribution in [2.45, 2.75) is 25.4 Å². The number of fused-ring (bicyclic) bond motifs is 1. The molecule has 0 fully saturated rings. The van der Waals surface area contributed by atoms with E-state index >= 15 is 0 Å². The molecule has 0 radical (unpaired) electrons. The Morgan fingerprint density at radius 2 is 1.72 bits per heavy atom. The monoisotopic (exact) mass is 387 g/mol. The van der Waals surface area contributed by atoms with Gasteiger partial charge in [0, 0.05) is 44.1 Å². The van der Waals surface area contributed by atoms with E-state index in [2.05, 4.69) is 5.32 Å². The minimum atomic E-state index is -0.214. The maximum Gasteiger partial charge on any atom is 0.229 e. The van der Waals surface area contributed by atoms with Crippen LogP contribution in [0.1, 0.15) is 39.6 Å². The third-order valence-corrected chi connectivity index (χ3v) is 5.52. The first-order valence-corrected chi connectivity index (χ1v) is 9.88. The largest absolute Gasteiger partial charge is 0.378 e. The summed E-state index contributed by atoms with van der Waals surface area (Å²) in [6.07, 6.45) is 0.719. The van der Waals surface area contributed by atoms with Crippen molar-refractivity contribution in [1.29, 1.82) is 0 Å². The van der Waals surface area contributed by atoms with Gasteiger partial charge in [0.05, 0.1) is 11.6 Å². The maximum absolute atomic E-state index is 12.8. The topological polar surface area (TPSA) is 54.3 Å². The number of anilines is 1. The minimum Gasteiger partial charge on any atom is -0.378 e. The van der Waals surface area contributed by atoms with Gasteiger partial charge in [0.1, 0.15) is 0 Å². The van der Waals surface area contributed by atoms with Crippen molar-refractivity contribution in [2.24, 2.45) is 0 Å². The standard InChI is InChI=1S/C24H25N3O2/c1-26(2)19-10-8-17(9-11-19)16-25-24(29)20-14-15-27-21(20)12-13-22(27)23(28)18-6-4-3-5-7-18/h3-13,20H,14-16H2,1-2H3,(H,25,29). The summed E-state index contributed by atoms with van der Waals surface area (Å²) >= 11 is 0. The molecule has 1 unspecified atom stereocenters. The maximum atomic E-state index is 12.8. The van der Waals surface area contributed by atoms with Crippen molar-refractivity contribution in [3.8, 4) is 0 Å². The van der Waals surface area contributed by atoms with E-state index in [1.54, 1.807) is 0 Å². The van der Waals surface area contributed by atoms with Gasteiger partial charge in [-0.15, -0.1) is 0 Å². The molecule has 5 nitrogen and oxygen atoms in total. The number of amides is 1. The molecule has 0 bridgehead atoms. The lowest BCUT2D eigenvalue weighted by molar-refractivity contribution is -0.122. The van der Waals surface area contributed by atoms with Gasteiger partial charge in [-0.05, 0) is 36.2 Å². The van der Waals surface area contributed by atoms with Gasteiger partial charge in [-0.1, -0.05) is 42.5 Å². The van der Waals surface area contributed by atoms with Crippen LogP contribution in [0.3, 0.4) is 0 Å². The van der Waals surface area contributed by atoms with Crippen molar-refractivity contribution in [2.75, 3.05) is 19.0 Å². The Morgan fingerprint density at radius 3 is 2.41 bits per heavy atom. The lowest BCUT2D eigenvalue weighted by atomic mass is 10.0. The Labute approximate surface area is 171 Å². The predicted octanol–water partition coefficient (Wildman–Crippen LogP) is 3.59. The first kappa shape index (κ1) is 19.0. The van der Waals surface area contributed by atoms with Crippen LogP contribution in [0, 0.1) is 0 Å². The van der Waals surface area contributed by atoms with Gasteiger partial charge >= 0.3 is 0 Å². The van der Waals surface area contributed by atoms with Gasteiger partial charge in [-0.25, -0.2) is 0 Å². The number of nitrogens with zero attached hydrogens (tertiary/aromatic N) is 2. The molecule has 5 heteroatoms. The zero-order chi connectivity index (χ0) is 20.4. The second-order valence-electron chi connectivity index (χ2n) is 7.61. The van der Waals surface area contributed by atoms with Crippen molar-refractivity contribution < 1.29 is 9.59 Å². The molecule has 1 aliphatic rings. The number of carbonyl (C=O) groups is 2. The fourth-order valence-corrected chi connectivity index (χ4v) is 3.87. The van der Waals surface area contributed by atoms with Gasteiger partial charge < -0.3 is 14.8 Å². The van der Waals surface area contributed by atoms with Crippen molar-refractivity contribution in [3.05, 3.63) is 89.2 Å². The molecule has 1 aliphatic heterocycles. The lowest BCUT2D eigenvalue weighted by Crippen LogP contribution is -2.28. The molecule has 3 aromatic rings. The SMILES string of the molecule is CN(C)c1ccc(CNC(=O)C2CCn3c(C(=O)c4ccccc4)ccc32)cc1. The fourth-order valence-electron chi connectivity index (χ4n) is 3.87. The van der Waals surface area contributed by atoms with Gasteiger partial charge in [0.25, 0.3) is 0 Å². The fraction of sp³-hybridized carbons (Fsp3) is 0.250. The van der Waals surface area contributed by atoms with Crippen LogP contribution in [0.25, 0.3) is 0 Å². The summed E-state index contributed by atoms with van der Waals surface area (Å²) in [5.74, 6) is -0.204. The second kappa shape index (κ2) is 7.95. The molecule has 0 saturated heterocycles. The van der Waals surface area contributed by atoms with E-state index in [0.29, 0.717) is 24.3 Å². The average Bonchev–Trinajstić information content (AvgIpc) is 3.34. The lowest BCUT2D eigenvalue weighted by Gasteiger charge is -2.14. The van der Waals surface area contributed by atoms with Gasteiger partial charge in [0.2, 0.25) is 11.7 Å². The average molecular weight is 387 g/mol. The van der Waals surface area contributed by atoms with Crippen LogP contribution >= 0.6 is 0 Å². The first-order chi connectivity index (χ1) is 14.0. The smallest absolute Gasteiger partial charge is 0.229 e. The van der Waals surface area contributed by atoms with Crippen LogP contribution in [-0.4, -0.2) is 30.4 Å². The molecule has 1 amide bonds. The van der Waals surface area contributed by atoms with Crippen LogP contribution < -0.4 is 10.2 Å². The molecule has 0 aliphatic carbocycles. The highest BCUT2D eigenvalue weighted by molar-refractivity contribution is 6.08. The highest BCUT2D eigenvalue weighted by Gasteiger charge is 2.31. The molecule has 0 spiro atoms. The van der Waals surface area contributed by atoms with Crippen LogP contribution in [0.2, 0.25) is 0 Å². The predicted molar refractivity (Wildman–Crippen MR) is 114 cm³/mol. The molecule has 1 atom stereocenters. The second-order valence-corrected chi connectivity index (χ2v) is 7.61. The Balaban J connectivity index is 1.43. The van der Waals surface area contributed by atoms with Crippen LogP contribution in [0.5, 0.6) is 0 Å². The number of ketones is 1. The van der Waals surface area contributed by atoms with Gasteiger partial charge in [-0.3, -0.25) is 9.59 Å². The highest BCUT2D eigenvalue weighted by atomic mass is 16.2. The highest BCUT2D eigenvalue weighted by Crippen LogP contribution is 2.31. The zero-order valence-electron chi connectivity index (χ0n) is 16.8. The summed E-state index contributed by atoms with van der Waals surface area (Å²) in [4.78, 5) is 27.6. The van der Waals surface area contributed by atoms with Crippen LogP contribution in [-0.2, 0) is 17.9 Å².